The second kappa shape index (κ2) is 7.95. The summed E-state index contributed by atoms with van der Waals surface area (Å²) in [5, 5.41) is 3.36. The second-order valence-corrected chi connectivity index (χ2v) is 7.96. The molecule has 5 nitrogen and oxygen atoms in total. The number of carbonyl (C=O) groups is 1. The van der Waals surface area contributed by atoms with E-state index in [-0.39, 0.29) is 29.9 Å². The predicted octanol–water partition coefficient (Wildman–Crippen LogP) is 2.58. The Morgan fingerprint density at radius 1 is 1.30 bits per heavy atom. The van der Waals surface area contributed by atoms with Gasteiger partial charge in [-0.3, -0.25) is 4.79 Å². The molecule has 0 atom stereocenters. The van der Waals surface area contributed by atoms with Crippen LogP contribution in [0.15, 0.2) is 41.8 Å². The highest BCUT2D eigenvalue weighted by molar-refractivity contribution is 7.89. The van der Waals surface area contributed by atoms with Crippen LogP contribution >= 0.6 is 11.6 Å². The van der Waals surface area contributed by atoms with Gasteiger partial charge in [-0.25, -0.2) is 8.42 Å². The molecule has 0 radical (unpaired) electrons. The van der Waals surface area contributed by atoms with Crippen LogP contribution in [0.3, 0.4) is 0 Å². The van der Waals surface area contributed by atoms with Crippen molar-refractivity contribution in [3.63, 3.8) is 0 Å². The minimum Gasteiger partial charge on any atom is -0.352 e. The van der Waals surface area contributed by atoms with Gasteiger partial charge in [0.15, 0.2) is 0 Å². The first kappa shape index (κ1) is 18.0. The third-order valence-corrected chi connectivity index (χ3v) is 5.90. The number of amides is 1. The molecule has 1 amide bonds. The quantitative estimate of drug-likeness (QED) is 0.763. The molecule has 1 aromatic rings. The SMILES string of the molecule is C=CCN(CC(=O)NC1CCCC1)S(=O)(=O)c1ccc(Cl)cc1. The number of hydrogen-bond acceptors (Lipinski definition) is 3. The van der Waals surface area contributed by atoms with Gasteiger partial charge in [-0.1, -0.05) is 30.5 Å². The van der Waals surface area contributed by atoms with Crippen LogP contribution in [-0.2, 0) is 14.8 Å². The summed E-state index contributed by atoms with van der Waals surface area (Å²) in [7, 11) is -3.77. The molecular weight excluding hydrogens is 336 g/mol. The number of sulfonamides is 1. The fourth-order valence-electron chi connectivity index (χ4n) is 2.65. The molecule has 1 fully saturated rings. The van der Waals surface area contributed by atoms with Crippen molar-refractivity contribution in [1.82, 2.24) is 9.62 Å². The Morgan fingerprint density at radius 2 is 1.91 bits per heavy atom. The van der Waals surface area contributed by atoms with Crippen molar-refractivity contribution in [2.75, 3.05) is 13.1 Å². The van der Waals surface area contributed by atoms with Crippen LogP contribution in [0.5, 0.6) is 0 Å². The number of nitrogens with zero attached hydrogens (tertiary/aromatic N) is 1. The van der Waals surface area contributed by atoms with E-state index >= 15 is 0 Å². The van der Waals surface area contributed by atoms with Crippen molar-refractivity contribution >= 4 is 27.5 Å². The molecule has 0 saturated heterocycles. The highest BCUT2D eigenvalue weighted by atomic mass is 35.5. The Hall–Kier alpha value is -1.37. The van der Waals surface area contributed by atoms with Gasteiger partial charge in [-0.2, -0.15) is 4.31 Å². The molecule has 23 heavy (non-hydrogen) atoms. The van der Waals surface area contributed by atoms with E-state index in [9.17, 15) is 13.2 Å². The Bertz CT molecular complexity index is 652. The van der Waals surface area contributed by atoms with E-state index in [2.05, 4.69) is 11.9 Å². The summed E-state index contributed by atoms with van der Waals surface area (Å²) >= 11 is 5.79. The fourth-order valence-corrected chi connectivity index (χ4v) is 4.14. The van der Waals surface area contributed by atoms with Crippen LogP contribution in [-0.4, -0.2) is 37.8 Å². The molecule has 1 aliphatic carbocycles. The summed E-state index contributed by atoms with van der Waals surface area (Å²) in [6.07, 6.45) is 5.58. The van der Waals surface area contributed by atoms with Gasteiger partial charge in [0.05, 0.1) is 11.4 Å². The molecule has 7 heteroatoms. The van der Waals surface area contributed by atoms with Crippen LogP contribution in [0.25, 0.3) is 0 Å². The molecule has 0 aliphatic heterocycles. The van der Waals surface area contributed by atoms with Crippen molar-refractivity contribution in [3.8, 4) is 0 Å². The molecular formula is C16H21ClN2O3S. The van der Waals surface area contributed by atoms with Crippen LogP contribution < -0.4 is 5.32 Å². The lowest BCUT2D eigenvalue weighted by Crippen LogP contribution is -2.43. The summed E-state index contributed by atoms with van der Waals surface area (Å²) < 4.78 is 26.4. The zero-order valence-electron chi connectivity index (χ0n) is 12.9. The van der Waals surface area contributed by atoms with Gasteiger partial charge in [-0.15, -0.1) is 6.58 Å². The first-order valence-corrected chi connectivity index (χ1v) is 9.41. The van der Waals surface area contributed by atoms with Gasteiger partial charge in [-0.05, 0) is 37.1 Å². The van der Waals surface area contributed by atoms with E-state index < -0.39 is 10.0 Å². The third kappa shape index (κ3) is 4.80. The highest BCUT2D eigenvalue weighted by Gasteiger charge is 2.27. The molecule has 2 rings (SSSR count). The van der Waals surface area contributed by atoms with Crippen LogP contribution in [0.4, 0.5) is 0 Å². The van der Waals surface area contributed by atoms with Crippen LogP contribution in [0.2, 0.25) is 5.02 Å². The minimum absolute atomic E-state index is 0.0725. The van der Waals surface area contributed by atoms with E-state index in [4.69, 9.17) is 11.6 Å². The Morgan fingerprint density at radius 3 is 2.48 bits per heavy atom. The summed E-state index contributed by atoms with van der Waals surface area (Å²) in [5.74, 6) is -0.281. The highest BCUT2D eigenvalue weighted by Crippen LogP contribution is 2.20. The van der Waals surface area contributed by atoms with Gasteiger partial charge in [0, 0.05) is 17.6 Å². The number of rotatable bonds is 7. The number of nitrogens with one attached hydrogen (secondary N) is 1. The molecule has 0 spiro atoms. The molecule has 0 heterocycles. The summed E-state index contributed by atoms with van der Waals surface area (Å²) in [6.45, 7) is 3.43. The zero-order valence-corrected chi connectivity index (χ0v) is 14.4. The molecule has 1 aromatic carbocycles. The lowest BCUT2D eigenvalue weighted by atomic mass is 10.2. The zero-order chi connectivity index (χ0) is 16.9. The largest absolute Gasteiger partial charge is 0.352 e. The van der Waals surface area contributed by atoms with E-state index in [1.807, 2.05) is 0 Å². The first-order chi connectivity index (χ1) is 10.9. The van der Waals surface area contributed by atoms with E-state index in [0.717, 1.165) is 30.0 Å². The van der Waals surface area contributed by atoms with Gasteiger partial charge >= 0.3 is 0 Å². The molecule has 1 aliphatic rings. The Balaban J connectivity index is 2.11. The third-order valence-electron chi connectivity index (χ3n) is 3.82. The number of halogens is 1. The molecule has 126 valence electrons. The maximum Gasteiger partial charge on any atom is 0.243 e. The standard InChI is InChI=1S/C16H21ClN2O3S/c1-2-11-19(12-16(20)18-14-5-3-4-6-14)23(21,22)15-9-7-13(17)8-10-15/h2,7-10,14H,1,3-6,11-12H2,(H,18,20). The lowest BCUT2D eigenvalue weighted by molar-refractivity contribution is -0.121. The van der Waals surface area contributed by atoms with E-state index in [0.29, 0.717) is 5.02 Å². The summed E-state index contributed by atoms with van der Waals surface area (Å²) in [6, 6.07) is 6.05. The Labute approximate surface area is 142 Å². The predicted molar refractivity (Wildman–Crippen MR) is 90.8 cm³/mol. The first-order valence-electron chi connectivity index (χ1n) is 7.59. The van der Waals surface area contributed by atoms with E-state index in [1.54, 1.807) is 0 Å². The maximum absolute atomic E-state index is 12.7. The van der Waals surface area contributed by atoms with Crippen molar-refractivity contribution in [3.05, 3.63) is 41.9 Å². The number of benzene rings is 1. The number of hydrogen-bond donors (Lipinski definition) is 1. The van der Waals surface area contributed by atoms with Gasteiger partial charge < -0.3 is 5.32 Å². The monoisotopic (exact) mass is 356 g/mol. The normalized spacial score (nSPS) is 15.7. The van der Waals surface area contributed by atoms with Crippen LogP contribution in [0.1, 0.15) is 25.7 Å². The second-order valence-electron chi connectivity index (χ2n) is 5.59. The van der Waals surface area contributed by atoms with Gasteiger partial charge in [0.25, 0.3) is 0 Å². The summed E-state index contributed by atoms with van der Waals surface area (Å²) in [5.41, 5.74) is 0. The lowest BCUT2D eigenvalue weighted by Gasteiger charge is -2.21. The molecule has 0 unspecified atom stereocenters. The fraction of sp³-hybridized carbons (Fsp3) is 0.438. The smallest absolute Gasteiger partial charge is 0.243 e. The topological polar surface area (TPSA) is 66.5 Å². The van der Waals surface area contributed by atoms with Gasteiger partial charge in [0.1, 0.15) is 0 Å². The van der Waals surface area contributed by atoms with Crippen molar-refractivity contribution in [2.24, 2.45) is 0 Å². The van der Waals surface area contributed by atoms with Gasteiger partial charge in [0.2, 0.25) is 15.9 Å². The molecule has 1 N–H and O–H groups in total. The average Bonchev–Trinajstić information content (AvgIpc) is 3.00. The molecule has 1 saturated carbocycles. The van der Waals surface area contributed by atoms with Crippen LogP contribution in [0, 0.1) is 0 Å². The Kier molecular flexibility index (Phi) is 6.21. The minimum atomic E-state index is -3.77. The molecule has 0 aromatic heterocycles. The number of carbonyl (C=O) groups excluding carboxylic acids is 1. The van der Waals surface area contributed by atoms with Crippen molar-refractivity contribution in [2.45, 2.75) is 36.6 Å². The van der Waals surface area contributed by atoms with Crippen molar-refractivity contribution < 1.29 is 13.2 Å². The van der Waals surface area contributed by atoms with Crippen molar-refractivity contribution in [1.29, 1.82) is 0 Å². The summed E-state index contributed by atoms with van der Waals surface area (Å²) in [4.78, 5) is 12.3. The van der Waals surface area contributed by atoms with E-state index in [1.165, 1.54) is 30.3 Å². The maximum atomic E-state index is 12.7. The average molecular weight is 357 g/mol. The molecule has 0 bridgehead atoms.